The molecule has 24 heavy (non-hydrogen) atoms. The number of carbonyl (C=O) groups excluding carboxylic acids is 1. The van der Waals surface area contributed by atoms with Crippen LogP contribution in [0.4, 0.5) is 5.69 Å². The van der Waals surface area contributed by atoms with Gasteiger partial charge in [-0.15, -0.1) is 0 Å². The van der Waals surface area contributed by atoms with Gasteiger partial charge in [-0.2, -0.15) is 0 Å². The lowest BCUT2D eigenvalue weighted by Gasteiger charge is -2.07. The van der Waals surface area contributed by atoms with Gasteiger partial charge in [-0.1, -0.05) is 12.1 Å². The van der Waals surface area contributed by atoms with E-state index in [1.54, 1.807) is 36.4 Å². The Kier molecular flexibility index (Phi) is 3.37. The number of hydrogen-bond donors (Lipinski definition) is 4. The van der Waals surface area contributed by atoms with E-state index < -0.39 is 0 Å². The largest absolute Gasteiger partial charge is 0.508 e. The lowest BCUT2D eigenvalue weighted by molar-refractivity contribution is -0.115. The number of H-pyrrole nitrogens is 1. The molecule has 0 spiro atoms. The van der Waals surface area contributed by atoms with Crippen molar-refractivity contribution in [3.8, 4) is 11.5 Å². The minimum absolute atomic E-state index is 0.126. The number of benzene rings is 2. The highest BCUT2D eigenvalue weighted by Gasteiger charge is 2.27. The fourth-order valence-electron chi connectivity index (χ4n) is 2.74. The van der Waals surface area contributed by atoms with Gasteiger partial charge in [0.1, 0.15) is 28.4 Å². The van der Waals surface area contributed by atoms with Crippen LogP contribution >= 0.6 is 0 Å². The van der Waals surface area contributed by atoms with E-state index in [1.807, 2.05) is 0 Å². The van der Waals surface area contributed by atoms with Gasteiger partial charge in [0.2, 0.25) is 5.91 Å². The summed E-state index contributed by atoms with van der Waals surface area (Å²) in [5.74, 6) is 1.41. The second-order valence-corrected chi connectivity index (χ2v) is 6.14. The van der Waals surface area contributed by atoms with Crippen LogP contribution in [0.15, 0.2) is 36.4 Å². The van der Waals surface area contributed by atoms with Crippen LogP contribution in [0, 0.1) is 0 Å². The number of fused-ring (bicyclic) bond motifs is 1. The van der Waals surface area contributed by atoms with Crippen molar-refractivity contribution in [2.45, 2.75) is 25.2 Å². The molecule has 1 aliphatic rings. The molecule has 4 N–H and O–H groups in total. The number of nitrogens with zero attached hydrogens (tertiary/aromatic N) is 1. The SMILES string of the molecule is O=C(Cc1ccc(O)cc1)Nc1ccc(O)c2[nH]c(C3CC3)nc12. The Morgan fingerprint density at radius 2 is 1.92 bits per heavy atom. The number of carbonyl (C=O) groups is 1. The van der Waals surface area contributed by atoms with Crippen LogP contribution in [0.3, 0.4) is 0 Å². The van der Waals surface area contributed by atoms with Crippen LogP contribution < -0.4 is 5.32 Å². The van der Waals surface area contributed by atoms with Crippen LogP contribution in [-0.2, 0) is 11.2 Å². The van der Waals surface area contributed by atoms with Crippen molar-refractivity contribution in [3.05, 3.63) is 47.8 Å². The standard InChI is InChI=1S/C18H17N3O3/c22-12-5-1-10(2-6-12)9-15(24)19-13-7-8-14(23)17-16(13)20-18(21-17)11-3-4-11/h1-2,5-8,11,22-23H,3-4,9H2,(H,19,24)(H,20,21). The van der Waals surface area contributed by atoms with Gasteiger partial charge in [0.05, 0.1) is 12.1 Å². The third-order valence-electron chi connectivity index (χ3n) is 4.18. The summed E-state index contributed by atoms with van der Waals surface area (Å²) < 4.78 is 0. The topological polar surface area (TPSA) is 98.2 Å². The van der Waals surface area contributed by atoms with E-state index in [0.717, 1.165) is 24.2 Å². The molecule has 0 saturated heterocycles. The first-order valence-electron chi connectivity index (χ1n) is 7.89. The number of amides is 1. The number of aromatic nitrogens is 2. The highest BCUT2D eigenvalue weighted by atomic mass is 16.3. The van der Waals surface area contributed by atoms with E-state index in [1.165, 1.54) is 0 Å². The summed E-state index contributed by atoms with van der Waals surface area (Å²) in [6.07, 6.45) is 2.40. The van der Waals surface area contributed by atoms with Gasteiger partial charge < -0.3 is 20.5 Å². The monoisotopic (exact) mass is 323 g/mol. The first kappa shape index (κ1) is 14.6. The summed E-state index contributed by atoms with van der Waals surface area (Å²) in [4.78, 5) is 20.0. The smallest absolute Gasteiger partial charge is 0.228 e. The van der Waals surface area contributed by atoms with Crippen LogP contribution in [0.25, 0.3) is 11.0 Å². The van der Waals surface area contributed by atoms with Crippen molar-refractivity contribution < 1.29 is 15.0 Å². The third-order valence-corrected chi connectivity index (χ3v) is 4.18. The molecule has 0 unspecified atom stereocenters. The second-order valence-electron chi connectivity index (χ2n) is 6.14. The van der Waals surface area contributed by atoms with E-state index in [0.29, 0.717) is 22.6 Å². The van der Waals surface area contributed by atoms with Gasteiger partial charge in [-0.05, 0) is 42.7 Å². The number of phenols is 2. The predicted octanol–water partition coefficient (Wildman–Crippen LogP) is 3.03. The van der Waals surface area contributed by atoms with Crippen LogP contribution in [0.2, 0.25) is 0 Å². The van der Waals surface area contributed by atoms with Gasteiger partial charge in [0, 0.05) is 5.92 Å². The zero-order valence-electron chi connectivity index (χ0n) is 12.9. The number of nitrogens with one attached hydrogen (secondary N) is 2. The van der Waals surface area contributed by atoms with E-state index >= 15 is 0 Å². The van der Waals surface area contributed by atoms with Crippen LogP contribution in [-0.4, -0.2) is 26.1 Å². The number of rotatable bonds is 4. The lowest BCUT2D eigenvalue weighted by atomic mass is 10.1. The summed E-state index contributed by atoms with van der Waals surface area (Å²) in [6.45, 7) is 0. The van der Waals surface area contributed by atoms with Gasteiger partial charge >= 0.3 is 0 Å². The van der Waals surface area contributed by atoms with Crippen molar-refractivity contribution in [1.82, 2.24) is 9.97 Å². The summed E-state index contributed by atoms with van der Waals surface area (Å²) in [5, 5.41) is 22.1. The van der Waals surface area contributed by atoms with Gasteiger partial charge in [0.15, 0.2) is 0 Å². The first-order chi connectivity index (χ1) is 11.6. The second kappa shape index (κ2) is 5.56. The van der Waals surface area contributed by atoms with E-state index in [2.05, 4.69) is 15.3 Å². The molecule has 1 fully saturated rings. The first-order valence-corrected chi connectivity index (χ1v) is 7.89. The molecule has 1 amide bonds. The molecule has 1 aliphatic carbocycles. The summed E-state index contributed by atoms with van der Waals surface area (Å²) >= 11 is 0. The fourth-order valence-corrected chi connectivity index (χ4v) is 2.74. The molecule has 1 heterocycles. The van der Waals surface area contributed by atoms with Gasteiger partial charge in [0.25, 0.3) is 0 Å². The molecule has 0 bridgehead atoms. The predicted molar refractivity (Wildman–Crippen MR) is 90.2 cm³/mol. The number of aromatic amines is 1. The highest BCUT2D eigenvalue weighted by molar-refractivity contribution is 6.01. The number of imidazole rings is 1. The maximum Gasteiger partial charge on any atom is 0.228 e. The van der Waals surface area contributed by atoms with E-state index in [-0.39, 0.29) is 23.8 Å². The zero-order valence-corrected chi connectivity index (χ0v) is 12.9. The average molecular weight is 323 g/mol. The molecule has 6 nitrogen and oxygen atoms in total. The summed E-state index contributed by atoms with van der Waals surface area (Å²) in [5.41, 5.74) is 2.52. The zero-order chi connectivity index (χ0) is 16.7. The number of hydrogen-bond acceptors (Lipinski definition) is 4. The fraction of sp³-hybridized carbons (Fsp3) is 0.222. The minimum atomic E-state index is -0.177. The molecule has 0 radical (unpaired) electrons. The molecular formula is C18H17N3O3. The Balaban J connectivity index is 1.58. The average Bonchev–Trinajstić information content (AvgIpc) is 3.31. The molecular weight excluding hydrogens is 306 g/mol. The van der Waals surface area contributed by atoms with Crippen LogP contribution in [0.5, 0.6) is 11.5 Å². The quantitative estimate of drug-likeness (QED) is 0.555. The van der Waals surface area contributed by atoms with Crippen molar-refractivity contribution in [2.24, 2.45) is 0 Å². The van der Waals surface area contributed by atoms with Crippen LogP contribution in [0.1, 0.15) is 30.1 Å². The Bertz CT molecular complexity index is 911. The molecule has 1 saturated carbocycles. The summed E-state index contributed by atoms with van der Waals surface area (Å²) in [6, 6.07) is 9.73. The highest BCUT2D eigenvalue weighted by Crippen LogP contribution is 2.41. The van der Waals surface area contributed by atoms with Crippen molar-refractivity contribution in [2.75, 3.05) is 5.32 Å². The Morgan fingerprint density at radius 1 is 1.17 bits per heavy atom. The van der Waals surface area contributed by atoms with Gasteiger partial charge in [-0.3, -0.25) is 4.79 Å². The van der Waals surface area contributed by atoms with E-state index in [4.69, 9.17) is 0 Å². The normalized spacial score (nSPS) is 14.0. The lowest BCUT2D eigenvalue weighted by Crippen LogP contribution is -2.14. The van der Waals surface area contributed by atoms with Crippen molar-refractivity contribution in [1.29, 1.82) is 0 Å². The van der Waals surface area contributed by atoms with Gasteiger partial charge in [-0.25, -0.2) is 4.98 Å². The Labute approximate surface area is 138 Å². The van der Waals surface area contributed by atoms with Crippen molar-refractivity contribution in [3.63, 3.8) is 0 Å². The van der Waals surface area contributed by atoms with E-state index in [9.17, 15) is 15.0 Å². The molecule has 1 aromatic heterocycles. The molecule has 122 valence electrons. The maximum atomic E-state index is 12.3. The molecule has 0 atom stereocenters. The molecule has 4 rings (SSSR count). The molecule has 6 heteroatoms. The molecule has 0 aliphatic heterocycles. The van der Waals surface area contributed by atoms with Crippen molar-refractivity contribution >= 4 is 22.6 Å². The summed E-state index contributed by atoms with van der Waals surface area (Å²) in [7, 11) is 0. The Morgan fingerprint density at radius 3 is 2.62 bits per heavy atom. The third kappa shape index (κ3) is 2.78. The molecule has 2 aromatic carbocycles. The molecule has 3 aromatic rings. The Hall–Kier alpha value is -3.02. The number of anilines is 1. The minimum Gasteiger partial charge on any atom is -0.508 e. The maximum absolute atomic E-state index is 12.3. The number of phenolic OH excluding ortho intramolecular Hbond substituents is 2. The number of aromatic hydroxyl groups is 2.